The number of anilines is 1. The zero-order valence-corrected chi connectivity index (χ0v) is 17.0. The van der Waals surface area contributed by atoms with E-state index < -0.39 is 16.1 Å². The van der Waals surface area contributed by atoms with Gasteiger partial charge in [-0.15, -0.1) is 0 Å². The molecule has 1 aliphatic heterocycles. The number of aryl methyl sites for hydroxylation is 2. The van der Waals surface area contributed by atoms with E-state index in [0.29, 0.717) is 19.5 Å². The SMILES string of the molecule is CC(=O)N1CCC(CS(=O)(=O)NC(=O)Nc2c3c(cc4c2CCC4)CCC3)C1. The number of carbonyl (C=O) groups is 2. The number of amides is 3. The highest BCUT2D eigenvalue weighted by Gasteiger charge is 2.30. The second kappa shape index (κ2) is 7.39. The van der Waals surface area contributed by atoms with Crippen molar-refractivity contribution in [1.82, 2.24) is 9.62 Å². The average Bonchev–Trinajstić information content (AvgIpc) is 3.32. The molecule has 3 amide bonds. The van der Waals surface area contributed by atoms with Gasteiger partial charge in [0.25, 0.3) is 0 Å². The molecule has 3 aliphatic rings. The highest BCUT2D eigenvalue weighted by atomic mass is 32.2. The van der Waals surface area contributed by atoms with Crippen molar-refractivity contribution in [3.8, 4) is 0 Å². The summed E-state index contributed by atoms with van der Waals surface area (Å²) in [6.07, 6.45) is 6.67. The summed E-state index contributed by atoms with van der Waals surface area (Å²) in [6, 6.07) is 1.58. The number of nitrogens with zero attached hydrogens (tertiary/aromatic N) is 1. The molecule has 1 aromatic rings. The smallest absolute Gasteiger partial charge is 0.332 e. The van der Waals surface area contributed by atoms with Gasteiger partial charge in [-0.05, 0) is 73.1 Å². The normalized spacial score (nSPS) is 20.8. The lowest BCUT2D eigenvalue weighted by Gasteiger charge is -2.17. The topological polar surface area (TPSA) is 95.6 Å². The molecule has 2 N–H and O–H groups in total. The van der Waals surface area contributed by atoms with Crippen LogP contribution >= 0.6 is 0 Å². The van der Waals surface area contributed by atoms with Crippen LogP contribution < -0.4 is 10.0 Å². The van der Waals surface area contributed by atoms with Crippen LogP contribution in [-0.4, -0.2) is 44.1 Å². The lowest BCUT2D eigenvalue weighted by molar-refractivity contribution is -0.127. The molecule has 1 unspecified atom stereocenters. The highest BCUT2D eigenvalue weighted by Crippen LogP contribution is 2.38. The van der Waals surface area contributed by atoms with Crippen molar-refractivity contribution in [2.45, 2.75) is 51.9 Å². The summed E-state index contributed by atoms with van der Waals surface area (Å²) in [7, 11) is -3.76. The van der Waals surface area contributed by atoms with E-state index in [0.717, 1.165) is 44.2 Å². The van der Waals surface area contributed by atoms with Crippen molar-refractivity contribution >= 4 is 27.6 Å². The lowest BCUT2D eigenvalue weighted by atomic mass is 9.99. The van der Waals surface area contributed by atoms with E-state index in [9.17, 15) is 18.0 Å². The van der Waals surface area contributed by atoms with Crippen LogP contribution in [0, 0.1) is 5.92 Å². The van der Waals surface area contributed by atoms with Gasteiger partial charge in [-0.2, -0.15) is 0 Å². The molecule has 1 saturated heterocycles. The van der Waals surface area contributed by atoms with Gasteiger partial charge < -0.3 is 10.2 Å². The number of sulfonamides is 1. The maximum absolute atomic E-state index is 12.5. The fraction of sp³-hybridized carbons (Fsp3) is 0.600. The predicted octanol–water partition coefficient (Wildman–Crippen LogP) is 1.98. The van der Waals surface area contributed by atoms with E-state index in [4.69, 9.17) is 0 Å². The minimum Gasteiger partial charge on any atom is -0.343 e. The van der Waals surface area contributed by atoms with Crippen LogP contribution in [0.15, 0.2) is 6.07 Å². The third-order valence-electron chi connectivity index (χ3n) is 6.15. The number of fused-ring (bicyclic) bond motifs is 2. The number of benzene rings is 1. The molecule has 28 heavy (non-hydrogen) atoms. The monoisotopic (exact) mass is 405 g/mol. The first-order chi connectivity index (χ1) is 13.3. The van der Waals surface area contributed by atoms with Gasteiger partial charge >= 0.3 is 6.03 Å². The van der Waals surface area contributed by atoms with Crippen molar-refractivity contribution in [3.05, 3.63) is 28.3 Å². The Kier molecular flexibility index (Phi) is 5.07. The fourth-order valence-electron chi connectivity index (χ4n) is 4.85. The van der Waals surface area contributed by atoms with Crippen molar-refractivity contribution in [3.63, 3.8) is 0 Å². The highest BCUT2D eigenvalue weighted by molar-refractivity contribution is 7.90. The number of urea groups is 1. The van der Waals surface area contributed by atoms with E-state index in [1.807, 2.05) is 0 Å². The van der Waals surface area contributed by atoms with Gasteiger partial charge in [-0.25, -0.2) is 17.9 Å². The quantitative estimate of drug-likeness (QED) is 0.801. The van der Waals surface area contributed by atoms with Crippen LogP contribution in [0.5, 0.6) is 0 Å². The number of nitrogens with one attached hydrogen (secondary N) is 2. The van der Waals surface area contributed by atoms with Crippen LogP contribution in [0.4, 0.5) is 10.5 Å². The first kappa shape index (κ1) is 19.2. The molecule has 0 radical (unpaired) electrons. The Hall–Kier alpha value is -2.09. The van der Waals surface area contributed by atoms with E-state index >= 15 is 0 Å². The molecule has 1 heterocycles. The van der Waals surface area contributed by atoms with Gasteiger partial charge in [0.1, 0.15) is 0 Å². The Morgan fingerprint density at radius 2 is 1.75 bits per heavy atom. The third kappa shape index (κ3) is 3.87. The molecule has 0 spiro atoms. The summed E-state index contributed by atoms with van der Waals surface area (Å²) in [5, 5.41) is 2.86. The molecule has 1 aromatic carbocycles. The van der Waals surface area contributed by atoms with Crippen LogP contribution in [0.3, 0.4) is 0 Å². The van der Waals surface area contributed by atoms with Crippen LogP contribution in [0.1, 0.15) is 48.4 Å². The minimum atomic E-state index is -3.76. The summed E-state index contributed by atoms with van der Waals surface area (Å²) in [4.78, 5) is 25.6. The zero-order valence-electron chi connectivity index (χ0n) is 16.2. The Morgan fingerprint density at radius 3 is 2.32 bits per heavy atom. The van der Waals surface area contributed by atoms with Crippen LogP contribution in [-0.2, 0) is 40.5 Å². The molecular weight excluding hydrogens is 378 g/mol. The van der Waals surface area contributed by atoms with E-state index in [1.165, 1.54) is 29.2 Å². The van der Waals surface area contributed by atoms with Crippen molar-refractivity contribution < 1.29 is 18.0 Å². The Balaban J connectivity index is 1.43. The number of carbonyl (C=O) groups excluding carboxylic acids is 2. The van der Waals surface area contributed by atoms with Gasteiger partial charge in [0.2, 0.25) is 15.9 Å². The molecule has 1 atom stereocenters. The third-order valence-corrected chi connectivity index (χ3v) is 7.55. The summed E-state index contributed by atoms with van der Waals surface area (Å²) >= 11 is 0. The molecule has 4 rings (SSSR count). The van der Waals surface area contributed by atoms with E-state index in [1.54, 1.807) is 4.90 Å². The van der Waals surface area contributed by atoms with E-state index in [-0.39, 0.29) is 17.6 Å². The Labute approximate surface area is 165 Å². The molecule has 0 saturated carbocycles. The van der Waals surface area contributed by atoms with Gasteiger partial charge in [0, 0.05) is 25.7 Å². The van der Waals surface area contributed by atoms with Gasteiger partial charge in [-0.1, -0.05) is 6.07 Å². The molecule has 1 fully saturated rings. The molecule has 0 bridgehead atoms. The Morgan fingerprint density at radius 1 is 1.11 bits per heavy atom. The Bertz CT molecular complexity index is 894. The predicted molar refractivity (Wildman–Crippen MR) is 107 cm³/mol. The summed E-state index contributed by atoms with van der Waals surface area (Å²) in [6.45, 7) is 2.49. The van der Waals surface area contributed by atoms with Crippen molar-refractivity contribution in [2.24, 2.45) is 5.92 Å². The van der Waals surface area contributed by atoms with Gasteiger partial charge in [0.15, 0.2) is 0 Å². The summed E-state index contributed by atoms with van der Waals surface area (Å²) < 4.78 is 27.1. The maximum atomic E-state index is 12.5. The number of likely N-dealkylation sites (tertiary alicyclic amines) is 1. The minimum absolute atomic E-state index is 0.0441. The molecule has 8 heteroatoms. The largest absolute Gasteiger partial charge is 0.343 e. The molecule has 0 aromatic heterocycles. The van der Waals surface area contributed by atoms with Gasteiger partial charge in [0.05, 0.1) is 5.75 Å². The maximum Gasteiger partial charge on any atom is 0.332 e. The first-order valence-electron chi connectivity index (χ1n) is 10.1. The van der Waals surface area contributed by atoms with Crippen LogP contribution in [0.25, 0.3) is 0 Å². The molecule has 2 aliphatic carbocycles. The second-order valence-corrected chi connectivity index (χ2v) is 9.96. The first-order valence-corrected chi connectivity index (χ1v) is 11.7. The average molecular weight is 406 g/mol. The summed E-state index contributed by atoms with van der Waals surface area (Å²) in [5.41, 5.74) is 5.74. The standard InChI is InChI=1S/C20H27N3O4S/c1-13(24)23-9-8-14(11-23)12-28(26,27)22-20(25)21-19-17-6-2-4-15(17)10-16-5-3-7-18(16)19/h10,14H,2-9,11-12H2,1H3,(H2,21,22,25). The number of rotatable bonds is 4. The number of hydrogen-bond donors (Lipinski definition) is 2. The number of hydrogen-bond acceptors (Lipinski definition) is 4. The molecular formula is C20H27N3O4S. The lowest BCUT2D eigenvalue weighted by Crippen LogP contribution is -2.38. The summed E-state index contributed by atoms with van der Waals surface area (Å²) in [5.74, 6) is -0.327. The van der Waals surface area contributed by atoms with Gasteiger partial charge in [-0.3, -0.25) is 4.79 Å². The van der Waals surface area contributed by atoms with Crippen molar-refractivity contribution in [2.75, 3.05) is 24.2 Å². The zero-order chi connectivity index (χ0) is 19.9. The van der Waals surface area contributed by atoms with E-state index in [2.05, 4.69) is 16.1 Å². The second-order valence-electron chi connectivity index (χ2n) is 8.19. The fourth-order valence-corrected chi connectivity index (χ4v) is 6.16. The molecule has 152 valence electrons. The van der Waals surface area contributed by atoms with Crippen molar-refractivity contribution in [1.29, 1.82) is 0 Å². The molecule has 7 nitrogen and oxygen atoms in total. The van der Waals surface area contributed by atoms with Crippen LogP contribution in [0.2, 0.25) is 0 Å².